The molecule has 9 nitrogen and oxygen atoms in total. The maximum absolute atomic E-state index is 13.5. The lowest BCUT2D eigenvalue weighted by Gasteiger charge is -2.36. The Morgan fingerprint density at radius 2 is 1.52 bits per heavy atom. The van der Waals surface area contributed by atoms with Gasteiger partial charge in [0, 0.05) is 50.8 Å². The number of hydrogen-bond acceptors (Lipinski definition) is 7. The van der Waals surface area contributed by atoms with Gasteiger partial charge in [-0.3, -0.25) is 0 Å². The Morgan fingerprint density at radius 1 is 1.00 bits per heavy atom. The molecule has 0 bridgehead atoms. The molecule has 228 valence electrons. The minimum atomic E-state index is -5.08. The van der Waals surface area contributed by atoms with Gasteiger partial charge >= 0.3 is 24.3 Å². The number of halogens is 8. The van der Waals surface area contributed by atoms with Crippen LogP contribution in [0, 0.1) is 5.92 Å². The van der Waals surface area contributed by atoms with Gasteiger partial charge < -0.3 is 24.7 Å². The van der Waals surface area contributed by atoms with Gasteiger partial charge in [0.1, 0.15) is 0 Å². The van der Waals surface area contributed by atoms with Crippen LogP contribution in [0.2, 0.25) is 0 Å². The predicted molar refractivity (Wildman–Crippen MR) is 123 cm³/mol. The highest BCUT2D eigenvalue weighted by Crippen LogP contribution is 2.40. The molecule has 1 unspecified atom stereocenters. The van der Waals surface area contributed by atoms with E-state index in [-0.39, 0.29) is 18.3 Å². The molecule has 2 saturated heterocycles. The van der Waals surface area contributed by atoms with Crippen molar-refractivity contribution in [3.05, 3.63) is 17.5 Å². The summed E-state index contributed by atoms with van der Waals surface area (Å²) >= 11 is 0. The summed E-state index contributed by atoms with van der Waals surface area (Å²) in [4.78, 5) is 31.5. The first-order valence-electron chi connectivity index (χ1n) is 12.2. The third kappa shape index (κ3) is 9.38. The third-order valence-electron chi connectivity index (χ3n) is 6.31. The van der Waals surface area contributed by atoms with Crippen LogP contribution in [0.25, 0.3) is 0 Å². The summed E-state index contributed by atoms with van der Waals surface area (Å²) in [6, 6.07) is 0. The molecular formula is C23H30F8N4O5. The molecule has 0 radical (unpaired) electrons. The van der Waals surface area contributed by atoms with Crippen molar-refractivity contribution in [2.24, 2.45) is 5.92 Å². The van der Waals surface area contributed by atoms with Crippen LogP contribution in [-0.2, 0) is 26.3 Å². The maximum Gasteiger partial charge on any atom is 0.490 e. The predicted octanol–water partition coefficient (Wildman–Crippen LogP) is 4.11. The van der Waals surface area contributed by atoms with Crippen molar-refractivity contribution >= 4 is 17.9 Å². The van der Waals surface area contributed by atoms with Crippen LogP contribution in [-0.4, -0.2) is 94.6 Å². The zero-order valence-electron chi connectivity index (χ0n) is 21.7. The lowest BCUT2D eigenvalue weighted by atomic mass is 9.80. The summed E-state index contributed by atoms with van der Waals surface area (Å²) in [7, 11) is 0. The first-order chi connectivity index (χ1) is 18.3. The van der Waals surface area contributed by atoms with Crippen LogP contribution < -0.4 is 4.90 Å². The number of carboxylic acid groups (broad SMARTS) is 2. The van der Waals surface area contributed by atoms with Gasteiger partial charge in [0.15, 0.2) is 0 Å². The molecule has 4 rings (SSSR count). The van der Waals surface area contributed by atoms with E-state index in [1.807, 2.05) is 11.1 Å². The molecule has 1 spiro atoms. The number of carboxylic acids is 2. The third-order valence-corrected chi connectivity index (χ3v) is 6.31. The highest BCUT2D eigenvalue weighted by molar-refractivity contribution is 5.73. The number of piperidine rings is 1. The largest absolute Gasteiger partial charge is 0.490 e. The molecule has 4 heterocycles. The van der Waals surface area contributed by atoms with Gasteiger partial charge in [-0.1, -0.05) is 13.8 Å². The van der Waals surface area contributed by atoms with Crippen molar-refractivity contribution in [2.75, 3.05) is 44.2 Å². The van der Waals surface area contributed by atoms with Gasteiger partial charge in [0.2, 0.25) is 5.95 Å². The minimum Gasteiger partial charge on any atom is -0.475 e. The van der Waals surface area contributed by atoms with Crippen LogP contribution >= 0.6 is 0 Å². The summed E-state index contributed by atoms with van der Waals surface area (Å²) in [5.41, 5.74) is 2.05. The quantitative estimate of drug-likeness (QED) is 0.499. The summed E-state index contributed by atoms with van der Waals surface area (Å²) < 4.78 is 96.3. The van der Waals surface area contributed by atoms with Crippen molar-refractivity contribution in [1.82, 2.24) is 14.9 Å². The smallest absolute Gasteiger partial charge is 0.475 e. The topological polar surface area (TPSA) is 116 Å². The molecule has 0 aliphatic carbocycles. The lowest BCUT2D eigenvalue weighted by Crippen LogP contribution is -2.43. The Kier molecular flexibility index (Phi) is 10.7. The molecule has 2 N–H and O–H groups in total. The van der Waals surface area contributed by atoms with Crippen molar-refractivity contribution < 1.29 is 59.7 Å². The van der Waals surface area contributed by atoms with Crippen LogP contribution in [0.5, 0.6) is 0 Å². The first kappa shape index (κ1) is 33.4. The van der Waals surface area contributed by atoms with Crippen LogP contribution in [0.1, 0.15) is 44.4 Å². The second-order valence-corrected chi connectivity index (χ2v) is 10.1. The zero-order valence-corrected chi connectivity index (χ0v) is 21.7. The summed E-state index contributed by atoms with van der Waals surface area (Å²) in [5, 5.41) is 14.2. The number of aliphatic carboxylic acids is 2. The van der Waals surface area contributed by atoms with Crippen molar-refractivity contribution in [3.8, 4) is 0 Å². The van der Waals surface area contributed by atoms with Gasteiger partial charge in [0.25, 0.3) is 5.92 Å². The Hall–Kier alpha value is -2.82. The SMILES string of the molecule is CC(C)CN1CCC2(COCc3cnc(N4CCC(F)(F)CC4)nc32)C1.O=C(O)C(F)(F)F.O=C(O)C(F)(F)F. The second kappa shape index (κ2) is 12.8. The standard InChI is InChI=1S/C19H28F2N4O.2C2HF3O2/c1-14(2)10-24-6-3-18(12-24)13-26-11-15-9-22-17(23-16(15)18)25-7-4-19(20,21)5-8-25;2*3-2(4,5)1(6)7/h9,14H,3-8,10-13H2,1-2H3;2*(H,6,7). The highest BCUT2D eigenvalue weighted by Gasteiger charge is 2.45. The van der Waals surface area contributed by atoms with E-state index >= 15 is 0 Å². The van der Waals surface area contributed by atoms with E-state index in [1.165, 1.54) is 0 Å². The van der Waals surface area contributed by atoms with Gasteiger partial charge in [-0.2, -0.15) is 26.3 Å². The number of anilines is 1. The summed E-state index contributed by atoms with van der Waals surface area (Å²) in [6.07, 6.45) is -7.54. The van der Waals surface area contributed by atoms with Crippen LogP contribution in [0.3, 0.4) is 0 Å². The molecular weight excluding hydrogens is 564 g/mol. The molecule has 1 aromatic heterocycles. The molecule has 1 atom stereocenters. The zero-order chi connectivity index (χ0) is 30.5. The molecule has 0 aromatic carbocycles. The molecule has 40 heavy (non-hydrogen) atoms. The Morgan fingerprint density at radius 3 is 2.00 bits per heavy atom. The average molecular weight is 595 g/mol. The number of nitrogens with zero attached hydrogens (tertiary/aromatic N) is 4. The molecule has 3 aliphatic heterocycles. The molecule has 1 aromatic rings. The molecule has 0 amide bonds. The van der Waals surface area contributed by atoms with Gasteiger partial charge in [-0.15, -0.1) is 0 Å². The Balaban J connectivity index is 0.000000333. The second-order valence-electron chi connectivity index (χ2n) is 10.1. The van der Waals surface area contributed by atoms with Crippen molar-refractivity contribution in [2.45, 2.75) is 63.4 Å². The lowest BCUT2D eigenvalue weighted by molar-refractivity contribution is -0.193. The Bertz CT molecular complexity index is 1000. The van der Waals surface area contributed by atoms with Crippen molar-refractivity contribution in [3.63, 3.8) is 0 Å². The number of aromatic nitrogens is 2. The maximum atomic E-state index is 13.5. The van der Waals surface area contributed by atoms with E-state index in [4.69, 9.17) is 29.5 Å². The number of ether oxygens (including phenoxy) is 1. The fourth-order valence-corrected chi connectivity index (χ4v) is 4.51. The summed E-state index contributed by atoms with van der Waals surface area (Å²) in [6.45, 7) is 9.41. The fraction of sp³-hybridized carbons (Fsp3) is 0.739. The molecule has 3 aliphatic rings. The molecule has 2 fully saturated rings. The number of fused-ring (bicyclic) bond motifs is 2. The molecule has 0 saturated carbocycles. The van der Waals surface area contributed by atoms with E-state index in [0.29, 0.717) is 38.2 Å². The monoisotopic (exact) mass is 594 g/mol. The minimum absolute atomic E-state index is 0.0834. The van der Waals surface area contributed by atoms with Crippen LogP contribution in [0.15, 0.2) is 6.20 Å². The van der Waals surface area contributed by atoms with Crippen molar-refractivity contribution in [1.29, 1.82) is 0 Å². The first-order valence-corrected chi connectivity index (χ1v) is 12.2. The number of rotatable bonds is 3. The highest BCUT2D eigenvalue weighted by atomic mass is 19.4. The Labute approximate surface area is 224 Å². The van der Waals surface area contributed by atoms with E-state index in [0.717, 1.165) is 37.3 Å². The molecule has 17 heteroatoms. The summed E-state index contributed by atoms with van der Waals surface area (Å²) in [5.74, 6) is -6.84. The van der Waals surface area contributed by atoms with E-state index in [1.54, 1.807) is 0 Å². The van der Waals surface area contributed by atoms with Crippen LogP contribution in [0.4, 0.5) is 41.1 Å². The van der Waals surface area contributed by atoms with Gasteiger partial charge in [-0.05, 0) is 18.9 Å². The number of hydrogen-bond donors (Lipinski definition) is 2. The number of alkyl halides is 8. The van der Waals surface area contributed by atoms with Gasteiger partial charge in [0.05, 0.1) is 24.3 Å². The van der Waals surface area contributed by atoms with Gasteiger partial charge in [-0.25, -0.2) is 28.3 Å². The number of carbonyl (C=O) groups is 2. The van der Waals surface area contributed by atoms with E-state index in [2.05, 4.69) is 23.7 Å². The number of likely N-dealkylation sites (tertiary alicyclic amines) is 1. The van der Waals surface area contributed by atoms with E-state index in [9.17, 15) is 35.1 Å². The fourth-order valence-electron chi connectivity index (χ4n) is 4.51. The normalized spacial score (nSPS) is 22.6. The van der Waals surface area contributed by atoms with E-state index < -0.39 is 30.2 Å². The average Bonchev–Trinajstić information content (AvgIpc) is 3.21.